The van der Waals surface area contributed by atoms with Crippen LogP contribution in [0.15, 0.2) is 36.7 Å². The molecule has 5 rings (SSSR count). The number of nitrogens with zero attached hydrogens (tertiary/aromatic N) is 4. The number of nitrogens with one attached hydrogen (secondary N) is 2. The third-order valence-electron chi connectivity index (χ3n) is 5.77. The summed E-state index contributed by atoms with van der Waals surface area (Å²) in [5.74, 6) is 3.40. The third-order valence-corrected chi connectivity index (χ3v) is 6.92. The summed E-state index contributed by atoms with van der Waals surface area (Å²) >= 11 is 1.84. The molecule has 2 aromatic heterocycles. The van der Waals surface area contributed by atoms with Crippen LogP contribution in [-0.4, -0.2) is 45.2 Å². The lowest BCUT2D eigenvalue weighted by molar-refractivity contribution is 0.0951. The molecule has 168 valence electrons. The van der Waals surface area contributed by atoms with Crippen molar-refractivity contribution in [2.45, 2.75) is 45.6 Å². The number of hydrogen-bond acceptors (Lipinski definition) is 6. The monoisotopic (exact) mass is 450 g/mol. The smallest absolute Gasteiger partial charge is 0.251 e. The minimum atomic E-state index is 0.00553. The van der Waals surface area contributed by atoms with Gasteiger partial charge in [-0.1, -0.05) is 26.0 Å². The number of fused-ring (bicyclic) bond motifs is 1. The highest BCUT2D eigenvalue weighted by molar-refractivity contribution is 8.00. The fourth-order valence-electron chi connectivity index (χ4n) is 3.79. The number of rotatable bonds is 7. The second kappa shape index (κ2) is 9.02. The molecule has 1 aromatic carbocycles. The molecule has 2 fully saturated rings. The molecule has 1 aliphatic carbocycles. The second-order valence-electron chi connectivity index (χ2n) is 9.03. The van der Waals surface area contributed by atoms with Crippen molar-refractivity contribution in [3.8, 4) is 11.3 Å². The highest BCUT2D eigenvalue weighted by Crippen LogP contribution is 2.31. The van der Waals surface area contributed by atoms with Crippen molar-refractivity contribution in [1.29, 1.82) is 0 Å². The number of anilines is 2. The van der Waals surface area contributed by atoms with E-state index in [2.05, 4.69) is 39.4 Å². The Morgan fingerprint density at radius 1 is 1.22 bits per heavy atom. The quantitative estimate of drug-likeness (QED) is 0.512. The van der Waals surface area contributed by atoms with Gasteiger partial charge in [0.2, 0.25) is 0 Å². The molecule has 0 radical (unpaired) electrons. The Kier molecular flexibility index (Phi) is 5.95. The van der Waals surface area contributed by atoms with E-state index < -0.39 is 0 Å². The van der Waals surface area contributed by atoms with Crippen molar-refractivity contribution >= 4 is 35.1 Å². The molecule has 2 aliphatic rings. The zero-order chi connectivity index (χ0) is 22.1. The van der Waals surface area contributed by atoms with E-state index in [9.17, 15) is 4.79 Å². The summed E-state index contributed by atoms with van der Waals surface area (Å²) in [6.45, 7) is 6.22. The van der Waals surface area contributed by atoms with E-state index in [1.54, 1.807) is 0 Å². The lowest BCUT2D eigenvalue weighted by Crippen LogP contribution is -2.25. The number of aromatic nitrogens is 3. The van der Waals surface area contributed by atoms with Gasteiger partial charge < -0.3 is 10.6 Å². The predicted octanol–water partition coefficient (Wildman–Crippen LogP) is 4.60. The van der Waals surface area contributed by atoms with E-state index in [0.717, 1.165) is 60.2 Å². The van der Waals surface area contributed by atoms with E-state index >= 15 is 0 Å². The highest BCUT2D eigenvalue weighted by Gasteiger charge is 2.24. The number of carbonyl (C=O) groups is 1. The van der Waals surface area contributed by atoms with Crippen LogP contribution in [0.4, 0.5) is 11.6 Å². The van der Waals surface area contributed by atoms with Gasteiger partial charge in [-0.25, -0.2) is 9.97 Å². The minimum Gasteiger partial charge on any atom is -0.367 e. The number of hydrogen-bond donors (Lipinski definition) is 2. The highest BCUT2D eigenvalue weighted by atomic mass is 32.2. The SMILES string of the molecule is CC(C)CNc1nc(N2CCCCS2)cn2c(-c3ccc(C(=O)NC4CC4)cc3)cnc12. The number of imidazole rings is 1. The van der Waals surface area contributed by atoms with E-state index in [1.165, 1.54) is 12.8 Å². The molecule has 0 atom stereocenters. The lowest BCUT2D eigenvalue weighted by Gasteiger charge is -2.27. The van der Waals surface area contributed by atoms with Crippen molar-refractivity contribution in [2.75, 3.05) is 28.5 Å². The molecule has 0 spiro atoms. The number of amides is 1. The molecule has 3 aromatic rings. The van der Waals surface area contributed by atoms with Crippen molar-refractivity contribution < 1.29 is 4.79 Å². The third kappa shape index (κ3) is 4.55. The van der Waals surface area contributed by atoms with Gasteiger partial charge in [-0.15, -0.1) is 0 Å². The molecule has 1 aliphatic heterocycles. The largest absolute Gasteiger partial charge is 0.367 e. The molecule has 7 nitrogen and oxygen atoms in total. The van der Waals surface area contributed by atoms with E-state index in [-0.39, 0.29) is 5.91 Å². The van der Waals surface area contributed by atoms with Crippen LogP contribution in [-0.2, 0) is 0 Å². The molecular weight excluding hydrogens is 420 g/mol. The Bertz CT molecular complexity index is 1100. The molecule has 2 N–H and O–H groups in total. The van der Waals surface area contributed by atoms with Gasteiger partial charge in [0.1, 0.15) is 0 Å². The van der Waals surface area contributed by atoms with Crippen molar-refractivity contribution in [1.82, 2.24) is 19.7 Å². The summed E-state index contributed by atoms with van der Waals surface area (Å²) in [6, 6.07) is 8.15. The molecule has 0 unspecified atom stereocenters. The van der Waals surface area contributed by atoms with Crippen LogP contribution < -0.4 is 14.9 Å². The molecule has 1 amide bonds. The predicted molar refractivity (Wildman–Crippen MR) is 131 cm³/mol. The Labute approximate surface area is 193 Å². The fraction of sp³-hybridized carbons (Fsp3) is 0.458. The van der Waals surface area contributed by atoms with Gasteiger partial charge in [0.05, 0.1) is 18.1 Å². The standard InChI is InChI=1S/C24H30N6OS/c1-16(2)13-25-22-23-26-14-20(29(23)15-21(28-22)30-11-3-4-12-32-30)17-5-7-18(8-6-17)24(31)27-19-9-10-19/h5-8,14-16,19H,3-4,9-13H2,1-2H3,(H,25,28)(H,27,31). The first-order valence-corrected chi connectivity index (χ1v) is 12.5. The molecule has 3 heterocycles. The van der Waals surface area contributed by atoms with Gasteiger partial charge in [-0.2, -0.15) is 0 Å². The summed E-state index contributed by atoms with van der Waals surface area (Å²) in [5.41, 5.74) is 3.54. The maximum atomic E-state index is 12.3. The van der Waals surface area contributed by atoms with Crippen LogP contribution in [0.5, 0.6) is 0 Å². The van der Waals surface area contributed by atoms with Gasteiger partial charge in [-0.05, 0) is 55.7 Å². The summed E-state index contributed by atoms with van der Waals surface area (Å²) in [7, 11) is 0. The van der Waals surface area contributed by atoms with Gasteiger partial charge in [-0.3, -0.25) is 13.5 Å². The minimum absolute atomic E-state index is 0.00553. The molecule has 1 saturated carbocycles. The number of benzene rings is 1. The van der Waals surface area contributed by atoms with Crippen LogP contribution in [0.2, 0.25) is 0 Å². The zero-order valence-electron chi connectivity index (χ0n) is 18.7. The van der Waals surface area contributed by atoms with Crippen molar-refractivity contribution in [3.63, 3.8) is 0 Å². The second-order valence-corrected chi connectivity index (χ2v) is 10.1. The summed E-state index contributed by atoms with van der Waals surface area (Å²) in [6.07, 6.45) is 8.59. The van der Waals surface area contributed by atoms with Crippen molar-refractivity contribution in [3.05, 3.63) is 42.2 Å². The number of carbonyl (C=O) groups excluding carboxylic acids is 1. The average Bonchev–Trinajstić information content (AvgIpc) is 3.53. The Morgan fingerprint density at radius 3 is 2.72 bits per heavy atom. The topological polar surface area (TPSA) is 74.6 Å². The lowest BCUT2D eigenvalue weighted by atomic mass is 10.1. The Balaban J connectivity index is 1.49. The van der Waals surface area contributed by atoms with Crippen LogP contribution in [0.25, 0.3) is 16.9 Å². The van der Waals surface area contributed by atoms with Crippen LogP contribution in [0.1, 0.15) is 49.9 Å². The maximum Gasteiger partial charge on any atom is 0.251 e. The normalized spacial score (nSPS) is 16.5. The molecule has 32 heavy (non-hydrogen) atoms. The molecule has 8 heteroatoms. The summed E-state index contributed by atoms with van der Waals surface area (Å²) < 4.78 is 4.41. The van der Waals surface area contributed by atoms with Crippen molar-refractivity contribution in [2.24, 2.45) is 5.92 Å². The van der Waals surface area contributed by atoms with Crippen LogP contribution in [0.3, 0.4) is 0 Å². The van der Waals surface area contributed by atoms with Gasteiger partial charge in [0.25, 0.3) is 5.91 Å². The average molecular weight is 451 g/mol. The van der Waals surface area contributed by atoms with E-state index in [4.69, 9.17) is 9.97 Å². The Morgan fingerprint density at radius 2 is 2.03 bits per heavy atom. The summed E-state index contributed by atoms with van der Waals surface area (Å²) in [5, 5.41) is 6.54. The molecule has 0 bridgehead atoms. The van der Waals surface area contributed by atoms with Gasteiger partial charge in [0, 0.05) is 36.0 Å². The van der Waals surface area contributed by atoms with Gasteiger partial charge >= 0.3 is 0 Å². The fourth-order valence-corrected chi connectivity index (χ4v) is 4.83. The maximum absolute atomic E-state index is 12.3. The first kappa shape index (κ1) is 21.1. The zero-order valence-corrected chi connectivity index (χ0v) is 19.5. The van der Waals surface area contributed by atoms with E-state index in [0.29, 0.717) is 17.5 Å². The first-order valence-electron chi connectivity index (χ1n) is 11.5. The van der Waals surface area contributed by atoms with E-state index in [1.807, 2.05) is 42.4 Å². The summed E-state index contributed by atoms with van der Waals surface area (Å²) in [4.78, 5) is 22.0. The van der Waals surface area contributed by atoms with Gasteiger partial charge in [0.15, 0.2) is 17.3 Å². The Hall–Kier alpha value is -2.74. The molecular formula is C24H30N6OS. The van der Waals surface area contributed by atoms with Crippen LogP contribution >= 0.6 is 11.9 Å². The van der Waals surface area contributed by atoms with Crippen LogP contribution in [0, 0.1) is 5.92 Å². The molecule has 1 saturated heterocycles. The first-order chi connectivity index (χ1) is 15.6.